The maximum absolute atomic E-state index is 8.82. The first kappa shape index (κ1) is 11.8. The molecule has 0 saturated heterocycles. The number of fused-ring (bicyclic) bond motifs is 1. The Morgan fingerprint density at radius 1 is 1.00 bits per heavy atom. The zero-order valence-electron chi connectivity index (χ0n) is 7.61. The molecule has 1 aromatic carbocycles. The first-order valence-electron chi connectivity index (χ1n) is 3.96. The Hall–Kier alpha value is -1.32. The van der Waals surface area contributed by atoms with E-state index in [1.165, 1.54) is 5.39 Å². The van der Waals surface area contributed by atoms with Crippen LogP contribution in [-0.2, 0) is 21.2 Å². The van der Waals surface area contributed by atoms with Crippen molar-refractivity contribution in [1.29, 1.82) is 0 Å². The van der Waals surface area contributed by atoms with Crippen LogP contribution in [0.25, 0.3) is 10.9 Å². The Balaban J connectivity index is 0.000000195. The normalized spacial score (nSPS) is 10.5. The monoisotopic (exact) mass is 247 g/mol. The molecular weight excluding hydrogens is 238 g/mol. The number of aromatic nitrogens is 1. The molecule has 5 nitrogen and oxygen atoms in total. The summed E-state index contributed by atoms with van der Waals surface area (Å²) in [6, 6.07) is 12.1. The molecule has 0 atom stereocenters. The minimum atomic E-state index is -5.25. The maximum Gasteiger partial charge on any atom is 0.0701 e. The van der Waals surface area contributed by atoms with Crippen molar-refractivity contribution in [2.24, 2.45) is 0 Å². The number of benzene rings is 1. The van der Waals surface area contributed by atoms with Crippen LogP contribution in [0.5, 0.6) is 0 Å². The van der Waals surface area contributed by atoms with Gasteiger partial charge in [-0.15, -0.1) is 0 Å². The number of pyridine rings is 1. The summed E-state index contributed by atoms with van der Waals surface area (Å²) in [6.07, 6.45) is 1.81. The minimum Gasteiger partial charge on any atom is -0.256 e. The van der Waals surface area contributed by atoms with Crippen molar-refractivity contribution in [1.82, 2.24) is 4.98 Å². The van der Waals surface area contributed by atoms with E-state index in [0.29, 0.717) is 0 Å². The number of rotatable bonds is 0. The van der Waals surface area contributed by atoms with E-state index in [4.69, 9.17) is 15.9 Å². The number of nitrogens with zero attached hydrogens (tertiary/aromatic N) is 1. The predicted octanol–water partition coefficient (Wildman–Crippen LogP) is 0.881. The van der Waals surface area contributed by atoms with Gasteiger partial charge >= 0.3 is 29.5 Å². The number of hydrogen-bond acceptors (Lipinski definition) is 3. The van der Waals surface area contributed by atoms with Crippen molar-refractivity contribution in [3.63, 3.8) is 0 Å². The molecule has 0 spiro atoms. The van der Waals surface area contributed by atoms with Crippen LogP contribution in [0.2, 0.25) is 0 Å². The van der Waals surface area contributed by atoms with E-state index in [1.807, 2.05) is 30.5 Å². The van der Waals surface area contributed by atoms with Gasteiger partial charge in [-0.1, -0.05) is 24.3 Å². The molecule has 0 saturated carbocycles. The second-order valence-electron chi connectivity index (χ2n) is 2.64. The average molecular weight is 247 g/mol. The average Bonchev–Trinajstić information content (AvgIpc) is 2.16. The fourth-order valence-corrected chi connectivity index (χ4v) is 1.02. The van der Waals surface area contributed by atoms with Gasteiger partial charge in [0.25, 0.3) is 0 Å². The Morgan fingerprint density at radius 3 is 2.13 bits per heavy atom. The molecule has 0 bridgehead atoms. The summed E-state index contributed by atoms with van der Waals surface area (Å²) in [6.45, 7) is 0. The van der Waals surface area contributed by atoms with E-state index in [0.717, 1.165) is 5.52 Å². The third kappa shape index (κ3) is 5.20. The number of para-hydroxylation sites is 1. The van der Waals surface area contributed by atoms with Gasteiger partial charge in [0.05, 0.1) is 5.52 Å². The molecule has 15 heavy (non-hydrogen) atoms. The third-order valence-corrected chi connectivity index (χ3v) is 1.51. The molecule has 0 radical (unpaired) electrons. The molecule has 0 amide bonds. The van der Waals surface area contributed by atoms with Crippen LogP contribution in [0.15, 0.2) is 42.6 Å². The van der Waals surface area contributed by atoms with Crippen LogP contribution < -0.4 is 0 Å². The van der Waals surface area contributed by atoms with Crippen LogP contribution in [-0.4, -0.2) is 13.3 Å². The SMILES string of the molecule is [O]=[Cr](=[O])([OH])[OH].c1ccc2ncccc2c1. The van der Waals surface area contributed by atoms with Crippen LogP contribution in [0.4, 0.5) is 0 Å². The zero-order chi connectivity index (χ0) is 11.3. The first-order chi connectivity index (χ1) is 6.97. The van der Waals surface area contributed by atoms with Crippen LogP contribution in [0, 0.1) is 0 Å². The summed E-state index contributed by atoms with van der Waals surface area (Å²) in [5, 5.41) is 1.20. The molecule has 1 aromatic heterocycles. The fraction of sp³-hybridized carbons (Fsp3) is 0. The summed E-state index contributed by atoms with van der Waals surface area (Å²) in [4.78, 5) is 4.18. The van der Waals surface area contributed by atoms with E-state index in [-0.39, 0.29) is 0 Å². The zero-order valence-corrected chi connectivity index (χ0v) is 8.88. The molecule has 0 fully saturated rings. The smallest absolute Gasteiger partial charge is 0.0701 e. The van der Waals surface area contributed by atoms with Crippen LogP contribution in [0.1, 0.15) is 0 Å². The molecule has 2 rings (SSSR count). The van der Waals surface area contributed by atoms with Gasteiger partial charge < -0.3 is 0 Å². The van der Waals surface area contributed by atoms with Crippen LogP contribution in [0.3, 0.4) is 0 Å². The van der Waals surface area contributed by atoms with Gasteiger partial charge in [0.2, 0.25) is 0 Å². The van der Waals surface area contributed by atoms with Gasteiger partial charge in [-0.05, 0) is 12.1 Å². The summed E-state index contributed by atoms with van der Waals surface area (Å²) >= 11 is -5.25. The molecule has 6 heteroatoms. The Bertz CT molecular complexity index is 465. The summed E-state index contributed by atoms with van der Waals surface area (Å²) in [5.74, 6) is 0. The quantitative estimate of drug-likeness (QED) is 0.721. The fourth-order valence-electron chi connectivity index (χ4n) is 1.02. The van der Waals surface area contributed by atoms with Crippen molar-refractivity contribution < 1.29 is 29.5 Å². The molecule has 2 N–H and O–H groups in total. The predicted molar refractivity (Wildman–Crippen MR) is 47.6 cm³/mol. The van der Waals surface area contributed by atoms with Crippen LogP contribution >= 0.6 is 0 Å². The van der Waals surface area contributed by atoms with Gasteiger partial charge in [-0.25, -0.2) is 0 Å². The largest absolute Gasteiger partial charge is 0.256 e. The van der Waals surface area contributed by atoms with E-state index in [2.05, 4.69) is 17.1 Å². The molecule has 1 heterocycles. The van der Waals surface area contributed by atoms with E-state index in [9.17, 15) is 0 Å². The van der Waals surface area contributed by atoms with Crippen molar-refractivity contribution >= 4 is 10.9 Å². The third-order valence-electron chi connectivity index (χ3n) is 1.51. The molecule has 2 aromatic rings. The van der Waals surface area contributed by atoms with Gasteiger partial charge in [-0.3, -0.25) is 4.98 Å². The minimum absolute atomic E-state index is 1.06. The topological polar surface area (TPSA) is 87.5 Å². The second-order valence-corrected chi connectivity index (χ2v) is 4.04. The first-order valence-corrected chi connectivity index (χ1v) is 6.14. The molecule has 0 aliphatic carbocycles. The van der Waals surface area contributed by atoms with Crippen molar-refractivity contribution in [3.05, 3.63) is 42.6 Å². The molecular formula is C9H9CrNO4. The summed E-state index contributed by atoms with van der Waals surface area (Å²) < 4.78 is 31.9. The summed E-state index contributed by atoms with van der Waals surface area (Å²) in [7, 11) is 0. The van der Waals surface area contributed by atoms with Crippen molar-refractivity contribution in [3.8, 4) is 0 Å². The molecule has 0 aliphatic heterocycles. The Labute approximate surface area is 88.4 Å². The van der Waals surface area contributed by atoms with Gasteiger partial charge in [0.1, 0.15) is 0 Å². The van der Waals surface area contributed by atoms with Crippen molar-refractivity contribution in [2.75, 3.05) is 0 Å². The van der Waals surface area contributed by atoms with Gasteiger partial charge in [0, 0.05) is 11.6 Å². The summed E-state index contributed by atoms with van der Waals surface area (Å²) in [5.41, 5.74) is 1.06. The molecule has 80 valence electrons. The standard InChI is InChI=1S/C9H7N.Cr.2H2O.2O/c1-2-6-9-8(4-1)5-3-7-10-9;;;;;/h1-7H;;2*1H2;;/q;+2;;;;/p-2. The van der Waals surface area contributed by atoms with Crippen molar-refractivity contribution in [2.45, 2.75) is 0 Å². The molecule has 0 unspecified atom stereocenters. The maximum atomic E-state index is 8.82. The molecule has 0 aliphatic rings. The second kappa shape index (κ2) is 4.96. The Morgan fingerprint density at radius 2 is 1.53 bits per heavy atom. The number of hydrogen-bond donors (Lipinski definition) is 2. The van der Waals surface area contributed by atoms with Gasteiger partial charge in [0.15, 0.2) is 0 Å². The van der Waals surface area contributed by atoms with E-state index in [1.54, 1.807) is 0 Å². The van der Waals surface area contributed by atoms with E-state index >= 15 is 0 Å². The van der Waals surface area contributed by atoms with Gasteiger partial charge in [-0.2, -0.15) is 0 Å². The Kier molecular flexibility index (Phi) is 3.89. The van der Waals surface area contributed by atoms with E-state index < -0.39 is 13.6 Å².